The first-order valence-electron chi connectivity index (χ1n) is 11.2. The zero-order valence-corrected chi connectivity index (χ0v) is 19.7. The molecule has 5 rings (SSSR count). The summed E-state index contributed by atoms with van der Waals surface area (Å²) in [6.07, 6.45) is -4.31. The van der Waals surface area contributed by atoms with E-state index < -0.39 is 29.7 Å². The van der Waals surface area contributed by atoms with Gasteiger partial charge in [0.2, 0.25) is 5.52 Å². The van der Waals surface area contributed by atoms with Gasteiger partial charge in [-0.05, 0) is 24.3 Å². The lowest BCUT2D eigenvalue weighted by molar-refractivity contribution is -0.577. The quantitative estimate of drug-likeness (QED) is 0.188. The topological polar surface area (TPSA) is 69.4 Å². The predicted molar refractivity (Wildman–Crippen MR) is 127 cm³/mol. The Bertz CT molecular complexity index is 1400. The Labute approximate surface area is 213 Å². The van der Waals surface area contributed by atoms with E-state index >= 15 is 0 Å². The highest BCUT2D eigenvalue weighted by molar-refractivity contribution is 5.86. The van der Waals surface area contributed by atoms with Crippen molar-refractivity contribution in [1.29, 1.82) is 0 Å². The van der Waals surface area contributed by atoms with Crippen LogP contribution in [0.1, 0.15) is 5.69 Å². The maximum atomic E-state index is 14.4. The minimum absolute atomic E-state index is 0.183. The number of fused-ring (bicyclic) bond motifs is 2. The van der Waals surface area contributed by atoms with Crippen molar-refractivity contribution in [1.82, 2.24) is 9.88 Å². The molecule has 2 aromatic carbocycles. The molecule has 1 fully saturated rings. The SMILES string of the molecule is FC(F)=C(F)F.O=C(N1CCOCC1)C(F)(F)c1ccc2ccccc2n1.[O-][n+]1cccc2ccccc21. The fourth-order valence-corrected chi connectivity index (χ4v) is 3.45. The van der Waals surface area contributed by atoms with Crippen LogP contribution in [0.2, 0.25) is 0 Å². The highest BCUT2D eigenvalue weighted by atomic mass is 19.3. The third-order valence-corrected chi connectivity index (χ3v) is 5.30. The minimum Gasteiger partial charge on any atom is -0.618 e. The van der Waals surface area contributed by atoms with Gasteiger partial charge < -0.3 is 14.8 Å². The fourth-order valence-electron chi connectivity index (χ4n) is 3.45. The predicted octanol–water partition coefficient (Wildman–Crippen LogP) is 5.65. The van der Waals surface area contributed by atoms with Gasteiger partial charge in [0.15, 0.2) is 6.20 Å². The van der Waals surface area contributed by atoms with E-state index in [9.17, 15) is 36.3 Å². The standard InChI is InChI=1S/C15H14F2N2O2.C9H7NO.C2F4/c16-15(17,14(20)19-7-9-21-10-8-19)13-6-5-11-3-1-2-4-12(11)18-13;11-10-7-3-5-8-4-1-2-6-9(8)10;3-1(4)2(5)6/h1-6H,7-10H2;1-7H;. The number of amides is 1. The van der Waals surface area contributed by atoms with E-state index in [1.165, 1.54) is 12.3 Å². The van der Waals surface area contributed by atoms with E-state index in [1.54, 1.807) is 36.4 Å². The summed E-state index contributed by atoms with van der Waals surface area (Å²) in [7, 11) is 0. The van der Waals surface area contributed by atoms with Gasteiger partial charge in [-0.1, -0.05) is 36.4 Å². The Kier molecular flexibility index (Phi) is 9.61. The molecular formula is C26H21F6N3O3. The van der Waals surface area contributed by atoms with Crippen molar-refractivity contribution in [2.75, 3.05) is 26.3 Å². The first-order chi connectivity index (χ1) is 18.1. The summed E-state index contributed by atoms with van der Waals surface area (Å²) in [4.78, 5) is 17.1. The fraction of sp³-hybridized carbons (Fsp3) is 0.192. The highest BCUT2D eigenvalue weighted by Gasteiger charge is 2.45. The Morgan fingerprint density at radius 1 is 0.842 bits per heavy atom. The van der Waals surface area contributed by atoms with Crippen molar-refractivity contribution in [3.63, 3.8) is 0 Å². The zero-order valence-electron chi connectivity index (χ0n) is 19.7. The van der Waals surface area contributed by atoms with Gasteiger partial charge in [0, 0.05) is 36.0 Å². The van der Waals surface area contributed by atoms with Gasteiger partial charge in [0.05, 0.1) is 18.7 Å². The van der Waals surface area contributed by atoms with Crippen molar-refractivity contribution in [2.24, 2.45) is 0 Å². The van der Waals surface area contributed by atoms with Crippen LogP contribution in [0.4, 0.5) is 26.3 Å². The van der Waals surface area contributed by atoms with Gasteiger partial charge in [-0.2, -0.15) is 31.1 Å². The van der Waals surface area contributed by atoms with Crippen molar-refractivity contribution < 1.29 is 40.6 Å². The van der Waals surface area contributed by atoms with E-state index in [4.69, 9.17) is 4.74 Å². The molecule has 0 N–H and O–H groups in total. The molecular weight excluding hydrogens is 516 g/mol. The molecule has 1 saturated heterocycles. The Balaban J connectivity index is 0.000000195. The largest absolute Gasteiger partial charge is 0.618 e. The first kappa shape index (κ1) is 28.4. The monoisotopic (exact) mass is 537 g/mol. The molecule has 4 aromatic rings. The number of hydrogen-bond acceptors (Lipinski definition) is 4. The van der Waals surface area contributed by atoms with Crippen LogP contribution in [-0.2, 0) is 15.5 Å². The van der Waals surface area contributed by atoms with Gasteiger partial charge in [-0.15, -0.1) is 0 Å². The Morgan fingerprint density at radius 3 is 2.05 bits per heavy atom. The number of benzene rings is 2. The third kappa shape index (κ3) is 7.19. The summed E-state index contributed by atoms with van der Waals surface area (Å²) >= 11 is 0. The molecule has 0 aliphatic carbocycles. The maximum absolute atomic E-state index is 14.4. The molecule has 2 aromatic heterocycles. The second-order valence-corrected chi connectivity index (χ2v) is 7.78. The number of aromatic nitrogens is 2. The van der Waals surface area contributed by atoms with Crippen LogP contribution in [0.3, 0.4) is 0 Å². The second kappa shape index (κ2) is 12.9. The maximum Gasteiger partial charge on any atom is 0.366 e. The minimum atomic E-state index is -3.62. The van der Waals surface area contributed by atoms with E-state index in [1.807, 2.05) is 30.3 Å². The van der Waals surface area contributed by atoms with Gasteiger partial charge >= 0.3 is 18.1 Å². The van der Waals surface area contributed by atoms with Gasteiger partial charge in [-0.3, -0.25) is 4.79 Å². The normalized spacial score (nSPS) is 13.2. The molecule has 38 heavy (non-hydrogen) atoms. The molecule has 6 nitrogen and oxygen atoms in total. The smallest absolute Gasteiger partial charge is 0.366 e. The molecule has 0 atom stereocenters. The van der Waals surface area contributed by atoms with Gasteiger partial charge in [0.1, 0.15) is 5.69 Å². The van der Waals surface area contributed by atoms with Crippen LogP contribution < -0.4 is 4.73 Å². The zero-order chi connectivity index (χ0) is 27.7. The number of carbonyl (C=O) groups excluding carboxylic acids is 1. The molecule has 200 valence electrons. The second-order valence-electron chi connectivity index (χ2n) is 7.78. The number of rotatable bonds is 2. The summed E-state index contributed by atoms with van der Waals surface area (Å²) in [6, 6.07) is 20.9. The molecule has 1 aliphatic heterocycles. The average Bonchev–Trinajstić information content (AvgIpc) is 2.94. The van der Waals surface area contributed by atoms with Crippen molar-refractivity contribution in [2.45, 2.75) is 5.92 Å². The number of pyridine rings is 2. The van der Waals surface area contributed by atoms with E-state index in [-0.39, 0.29) is 26.3 Å². The molecule has 0 saturated carbocycles. The van der Waals surface area contributed by atoms with Crippen LogP contribution in [0.25, 0.3) is 21.8 Å². The summed E-state index contributed by atoms with van der Waals surface area (Å²) < 4.78 is 75.8. The Hall–Kier alpha value is -4.19. The van der Waals surface area contributed by atoms with Crippen LogP contribution >= 0.6 is 0 Å². The van der Waals surface area contributed by atoms with E-state index in [2.05, 4.69) is 4.98 Å². The van der Waals surface area contributed by atoms with Crippen LogP contribution in [0.15, 0.2) is 91.2 Å². The molecule has 3 heterocycles. The molecule has 1 amide bonds. The van der Waals surface area contributed by atoms with Crippen molar-refractivity contribution >= 4 is 27.7 Å². The summed E-state index contributed by atoms with van der Waals surface area (Å²) in [5.41, 5.74) is 0.650. The van der Waals surface area contributed by atoms with Crippen molar-refractivity contribution in [3.05, 3.63) is 102 Å². The van der Waals surface area contributed by atoms with Crippen LogP contribution in [-0.4, -0.2) is 42.1 Å². The van der Waals surface area contributed by atoms with Gasteiger partial charge in [0.25, 0.3) is 5.91 Å². The lowest BCUT2D eigenvalue weighted by Crippen LogP contribution is -2.47. The number of alkyl halides is 2. The molecule has 0 radical (unpaired) electrons. The highest BCUT2D eigenvalue weighted by Crippen LogP contribution is 2.30. The number of halogens is 6. The number of carbonyl (C=O) groups is 1. The lowest BCUT2D eigenvalue weighted by atomic mass is 10.1. The third-order valence-electron chi connectivity index (χ3n) is 5.30. The molecule has 0 unspecified atom stereocenters. The summed E-state index contributed by atoms with van der Waals surface area (Å²) in [5, 5.41) is 12.8. The first-order valence-corrected chi connectivity index (χ1v) is 11.2. The van der Waals surface area contributed by atoms with E-state index in [0.717, 1.165) is 25.9 Å². The van der Waals surface area contributed by atoms with E-state index in [0.29, 0.717) is 5.52 Å². The number of morpholine rings is 1. The number of hydrogen-bond donors (Lipinski definition) is 0. The summed E-state index contributed by atoms with van der Waals surface area (Å²) in [6.45, 7) is 0.934. The number of ether oxygens (including phenoxy) is 1. The molecule has 1 aliphatic rings. The summed E-state index contributed by atoms with van der Waals surface area (Å²) in [5.74, 6) is -4.84. The van der Waals surface area contributed by atoms with Crippen LogP contribution in [0.5, 0.6) is 0 Å². The Morgan fingerprint density at radius 2 is 1.42 bits per heavy atom. The average molecular weight is 537 g/mol. The van der Waals surface area contributed by atoms with Crippen LogP contribution in [0, 0.1) is 5.21 Å². The molecule has 12 heteroatoms. The van der Waals surface area contributed by atoms with Crippen molar-refractivity contribution in [3.8, 4) is 0 Å². The lowest BCUT2D eigenvalue weighted by Gasteiger charge is -2.29. The molecule has 0 spiro atoms. The van der Waals surface area contributed by atoms with Gasteiger partial charge in [-0.25, -0.2) is 4.98 Å². The number of para-hydroxylation sites is 2. The number of nitrogens with zero attached hydrogens (tertiary/aromatic N) is 3. The molecule has 0 bridgehead atoms.